The average Bonchev–Trinajstić information content (AvgIpc) is 3.35. The van der Waals surface area contributed by atoms with Crippen LogP contribution in [0.4, 0.5) is 13.2 Å². The number of carbonyl (C=O) groups excluding carboxylic acids is 2. The van der Waals surface area contributed by atoms with Crippen molar-refractivity contribution in [3.8, 4) is 0 Å². The van der Waals surface area contributed by atoms with Gasteiger partial charge in [0.2, 0.25) is 0 Å². The van der Waals surface area contributed by atoms with Crippen molar-refractivity contribution in [1.82, 2.24) is 0 Å². The molecule has 0 aliphatic heterocycles. The first-order valence-electron chi connectivity index (χ1n) is 16.5. The van der Waals surface area contributed by atoms with E-state index in [9.17, 15) is 22.8 Å². The Balaban J connectivity index is 2.02. The molecule has 0 aromatic heterocycles. The van der Waals surface area contributed by atoms with E-state index in [-0.39, 0.29) is 23.5 Å². The van der Waals surface area contributed by atoms with E-state index in [1.807, 2.05) is 6.92 Å². The second-order valence-electron chi connectivity index (χ2n) is 14.6. The summed E-state index contributed by atoms with van der Waals surface area (Å²) in [5.41, 5.74) is -2.43. The lowest BCUT2D eigenvalue weighted by Gasteiger charge is -2.45. The van der Waals surface area contributed by atoms with Crippen molar-refractivity contribution in [2.75, 3.05) is 13.7 Å². The zero-order valence-corrected chi connectivity index (χ0v) is 30.1. The Hall–Kier alpha value is -2.13. The van der Waals surface area contributed by atoms with E-state index in [0.717, 1.165) is 39.2 Å². The SMILES string of the molecule is C=C(COC(=O)C(C)(C)C)[C@@H](CCC)[C@@H](C[C@@H](C)[C@H]1CC[C@H]2/C(=C/Br)CCC[C@]12C)OC(=O)[C@](OC)(c1ccccc1)C(F)(F)F. The number of methoxy groups -OCH3 is 1. The molecule has 3 rings (SSSR count). The van der Waals surface area contributed by atoms with Crippen LogP contribution >= 0.6 is 15.9 Å². The molecule has 258 valence electrons. The van der Waals surface area contributed by atoms with Gasteiger partial charge in [0, 0.05) is 18.6 Å². The van der Waals surface area contributed by atoms with E-state index in [2.05, 4.69) is 41.3 Å². The van der Waals surface area contributed by atoms with Gasteiger partial charge in [0.25, 0.3) is 5.60 Å². The van der Waals surface area contributed by atoms with E-state index < -0.39 is 41.2 Å². The summed E-state index contributed by atoms with van der Waals surface area (Å²) in [5, 5.41) is 0. The maximum absolute atomic E-state index is 14.9. The van der Waals surface area contributed by atoms with Crippen LogP contribution in [0.1, 0.15) is 98.5 Å². The van der Waals surface area contributed by atoms with Gasteiger partial charge in [0.15, 0.2) is 0 Å². The molecule has 46 heavy (non-hydrogen) atoms. The number of alkyl halides is 3. The lowest BCUT2D eigenvalue weighted by Crippen LogP contribution is -2.53. The molecular weight excluding hydrogens is 661 g/mol. The fraction of sp³-hybridized carbons (Fsp3) is 0.676. The first-order valence-corrected chi connectivity index (χ1v) is 17.4. The van der Waals surface area contributed by atoms with E-state index >= 15 is 0 Å². The summed E-state index contributed by atoms with van der Waals surface area (Å²) in [6.07, 6.45) is 0.724. The van der Waals surface area contributed by atoms with E-state index in [4.69, 9.17) is 14.2 Å². The minimum atomic E-state index is -5.09. The van der Waals surface area contributed by atoms with Gasteiger partial charge in [-0.25, -0.2) is 4.79 Å². The van der Waals surface area contributed by atoms with Gasteiger partial charge in [-0.3, -0.25) is 4.79 Å². The van der Waals surface area contributed by atoms with Gasteiger partial charge in [-0.15, -0.1) is 0 Å². The van der Waals surface area contributed by atoms with E-state index in [1.165, 1.54) is 29.8 Å². The van der Waals surface area contributed by atoms with Crippen LogP contribution in [0.25, 0.3) is 0 Å². The molecule has 0 unspecified atom stereocenters. The Morgan fingerprint density at radius 2 is 1.78 bits per heavy atom. The molecule has 9 heteroatoms. The number of allylic oxidation sites excluding steroid dienone is 1. The molecule has 2 aliphatic carbocycles. The molecule has 0 spiro atoms. The fourth-order valence-electron chi connectivity index (χ4n) is 8.02. The van der Waals surface area contributed by atoms with Crippen molar-refractivity contribution in [3.05, 3.63) is 58.6 Å². The van der Waals surface area contributed by atoms with Crippen LogP contribution < -0.4 is 0 Å². The summed E-state index contributed by atoms with van der Waals surface area (Å²) in [4.78, 5) is 28.6. The van der Waals surface area contributed by atoms with Crippen LogP contribution in [0.5, 0.6) is 0 Å². The normalized spacial score (nSPS) is 26.0. The first-order chi connectivity index (χ1) is 21.5. The summed E-state index contributed by atoms with van der Waals surface area (Å²) >= 11 is 3.58. The van der Waals surface area contributed by atoms with Crippen molar-refractivity contribution < 1.29 is 37.0 Å². The third-order valence-corrected chi connectivity index (χ3v) is 11.1. The predicted octanol–water partition coefficient (Wildman–Crippen LogP) is 10.1. The quantitative estimate of drug-likeness (QED) is 0.151. The summed E-state index contributed by atoms with van der Waals surface area (Å²) in [6.45, 7) is 15.8. The maximum Gasteiger partial charge on any atom is 0.432 e. The zero-order chi connectivity index (χ0) is 34.5. The lowest BCUT2D eigenvalue weighted by atomic mass is 9.61. The Morgan fingerprint density at radius 1 is 1.13 bits per heavy atom. The zero-order valence-electron chi connectivity index (χ0n) is 28.5. The molecule has 2 aliphatic rings. The van der Waals surface area contributed by atoms with Crippen molar-refractivity contribution >= 4 is 27.9 Å². The van der Waals surface area contributed by atoms with Gasteiger partial charge in [-0.2, -0.15) is 13.2 Å². The topological polar surface area (TPSA) is 61.8 Å². The minimum absolute atomic E-state index is 0.0336. The molecule has 7 atom stereocenters. The average molecular weight is 714 g/mol. The van der Waals surface area contributed by atoms with Crippen molar-refractivity contribution in [2.24, 2.45) is 34.5 Å². The third-order valence-electron chi connectivity index (χ3n) is 10.5. The number of benzene rings is 1. The Morgan fingerprint density at radius 3 is 2.33 bits per heavy atom. The largest absolute Gasteiger partial charge is 0.461 e. The predicted molar refractivity (Wildman–Crippen MR) is 178 cm³/mol. The Labute approximate surface area is 281 Å². The first kappa shape index (κ1) is 38.3. The van der Waals surface area contributed by atoms with Crippen molar-refractivity contribution in [1.29, 1.82) is 0 Å². The number of esters is 2. The molecule has 0 radical (unpaired) electrons. The number of fused-ring (bicyclic) bond motifs is 1. The summed E-state index contributed by atoms with van der Waals surface area (Å²) < 4.78 is 61.4. The number of ether oxygens (including phenoxy) is 3. The third kappa shape index (κ3) is 7.94. The smallest absolute Gasteiger partial charge is 0.432 e. The summed E-state index contributed by atoms with van der Waals surface area (Å²) in [7, 11) is 0.880. The second-order valence-corrected chi connectivity index (χ2v) is 15.0. The van der Waals surface area contributed by atoms with Crippen LogP contribution in [0.3, 0.4) is 0 Å². The maximum atomic E-state index is 14.9. The van der Waals surface area contributed by atoms with E-state index in [1.54, 1.807) is 26.8 Å². The van der Waals surface area contributed by atoms with Crippen LogP contribution in [-0.2, 0) is 29.4 Å². The van der Waals surface area contributed by atoms with Gasteiger partial charge in [-0.05, 0) is 99.4 Å². The van der Waals surface area contributed by atoms with Crippen LogP contribution in [-0.4, -0.2) is 37.9 Å². The molecule has 0 bridgehead atoms. The molecule has 0 amide bonds. The fourth-order valence-corrected chi connectivity index (χ4v) is 8.57. The van der Waals surface area contributed by atoms with Gasteiger partial charge in [0.1, 0.15) is 12.7 Å². The lowest BCUT2D eigenvalue weighted by molar-refractivity contribution is -0.279. The highest BCUT2D eigenvalue weighted by molar-refractivity contribution is 9.11. The number of hydrogen-bond acceptors (Lipinski definition) is 5. The van der Waals surface area contributed by atoms with Gasteiger partial charge < -0.3 is 14.2 Å². The van der Waals surface area contributed by atoms with Crippen LogP contribution in [0.2, 0.25) is 0 Å². The Kier molecular flexibility index (Phi) is 12.8. The van der Waals surface area contributed by atoms with E-state index in [0.29, 0.717) is 36.7 Å². The number of halogens is 4. The monoisotopic (exact) mass is 712 g/mol. The Bertz CT molecular complexity index is 1240. The second kappa shape index (κ2) is 15.4. The van der Waals surface area contributed by atoms with Crippen LogP contribution in [0, 0.1) is 34.5 Å². The molecule has 1 aromatic carbocycles. The molecule has 0 N–H and O–H groups in total. The summed E-state index contributed by atoms with van der Waals surface area (Å²) in [6, 6.07) is 6.89. The molecule has 2 fully saturated rings. The molecule has 2 saturated carbocycles. The standard InChI is InChI=1S/C37H52BrF3O5/c1-9-14-28(25(3)23-45-32(42)34(4,5)6)31(21-24(2)29-18-19-30-26(22-38)15-13-20-35(29,30)7)46-33(43)36(44-8,37(39,40)41)27-16-11-10-12-17-27/h10-12,16-17,22,24,28-31H,3,9,13-15,18-21,23H2,1-2,4-8H3/b26-22+/t24-,28-,29-,30+,31-,35-,36-/m1/s1. The molecule has 0 heterocycles. The number of hydrogen-bond donors (Lipinski definition) is 0. The molecule has 0 saturated heterocycles. The molecular formula is C37H52BrF3O5. The highest BCUT2D eigenvalue weighted by Gasteiger charge is 2.64. The van der Waals surface area contributed by atoms with Crippen molar-refractivity contribution in [3.63, 3.8) is 0 Å². The highest BCUT2D eigenvalue weighted by Crippen LogP contribution is 2.60. The van der Waals surface area contributed by atoms with Gasteiger partial charge >= 0.3 is 18.1 Å². The minimum Gasteiger partial charge on any atom is -0.461 e. The van der Waals surface area contributed by atoms with Gasteiger partial charge in [-0.1, -0.05) is 85.6 Å². The van der Waals surface area contributed by atoms with Crippen LogP contribution in [0.15, 0.2) is 53.0 Å². The van der Waals surface area contributed by atoms with Gasteiger partial charge in [0.05, 0.1) is 5.41 Å². The van der Waals surface area contributed by atoms with Crippen molar-refractivity contribution in [2.45, 2.75) is 111 Å². The summed E-state index contributed by atoms with van der Waals surface area (Å²) in [5.74, 6) is -1.69. The molecule has 5 nitrogen and oxygen atoms in total. The number of rotatable bonds is 13. The molecule has 1 aromatic rings. The number of carbonyl (C=O) groups is 2. The highest BCUT2D eigenvalue weighted by atomic mass is 79.9.